The zero-order valence-corrected chi connectivity index (χ0v) is 23.0. The van der Waals surface area contributed by atoms with Crippen LogP contribution in [0.2, 0.25) is 0 Å². The highest BCUT2D eigenvalue weighted by Gasteiger charge is 2.46. The predicted molar refractivity (Wildman–Crippen MR) is 161 cm³/mol. The first-order valence-corrected chi connectivity index (χ1v) is 13.9. The Morgan fingerprint density at radius 3 is 2.19 bits per heavy atom. The van der Waals surface area contributed by atoms with Crippen molar-refractivity contribution in [1.29, 1.82) is 0 Å². The van der Waals surface area contributed by atoms with Crippen molar-refractivity contribution >= 4 is 11.8 Å². The van der Waals surface area contributed by atoms with E-state index in [4.69, 9.17) is 0 Å². The third-order valence-electron chi connectivity index (χ3n) is 7.40. The third kappa shape index (κ3) is 4.43. The van der Waals surface area contributed by atoms with E-state index in [0.717, 1.165) is 6.42 Å². The van der Waals surface area contributed by atoms with E-state index >= 15 is 0 Å². The summed E-state index contributed by atoms with van der Waals surface area (Å²) in [6.45, 7) is 8.54. The average molecular weight is 499 g/mol. The Kier molecular flexibility index (Phi) is 7.35. The van der Waals surface area contributed by atoms with Crippen molar-refractivity contribution in [3.05, 3.63) is 160 Å². The van der Waals surface area contributed by atoms with Crippen LogP contribution in [0.5, 0.6) is 0 Å². The number of allylic oxidation sites excluding steroid dienone is 6. The normalized spacial score (nSPS) is 18.8. The van der Waals surface area contributed by atoms with E-state index in [-0.39, 0.29) is 5.41 Å². The second-order valence-electron chi connectivity index (χ2n) is 9.60. The molecule has 1 heteroatoms. The van der Waals surface area contributed by atoms with Crippen molar-refractivity contribution in [3.8, 4) is 11.1 Å². The minimum atomic E-state index is -0.263. The van der Waals surface area contributed by atoms with Gasteiger partial charge in [0.15, 0.2) is 0 Å². The van der Waals surface area contributed by atoms with Gasteiger partial charge in [0.1, 0.15) is 0 Å². The first-order valence-electron chi connectivity index (χ1n) is 13.1. The lowest BCUT2D eigenvalue weighted by atomic mass is 9.67. The lowest BCUT2D eigenvalue weighted by Crippen LogP contribution is -2.29. The predicted octanol–water partition coefficient (Wildman–Crippen LogP) is 10.1. The molecule has 4 aromatic carbocycles. The Morgan fingerprint density at radius 2 is 1.46 bits per heavy atom. The number of benzene rings is 4. The van der Waals surface area contributed by atoms with E-state index < -0.39 is 0 Å². The van der Waals surface area contributed by atoms with E-state index in [1.54, 1.807) is 0 Å². The first-order chi connectivity index (χ1) is 18.1. The second kappa shape index (κ2) is 10.8. The Labute approximate surface area is 226 Å². The summed E-state index contributed by atoms with van der Waals surface area (Å²) in [6.07, 6.45) is 10.0. The highest BCUT2D eigenvalue weighted by Crippen LogP contribution is 2.56. The van der Waals surface area contributed by atoms with Crippen LogP contribution in [-0.2, 0) is 11.8 Å². The summed E-state index contributed by atoms with van der Waals surface area (Å²) < 4.78 is 0. The van der Waals surface area contributed by atoms with Crippen molar-refractivity contribution in [1.82, 2.24) is 0 Å². The quantitative estimate of drug-likeness (QED) is 0.253. The molecule has 0 radical (unpaired) electrons. The standard InChI is InChI=1S/C26H24.C10H10S/c1-4-11-20(5-2)26(21-12-7-6-8-13-21)24-15-10-9-14-22(24)23-17-16-19(3)18-25(23)26;1-2-9-7-8-5-3-4-6-10(8)11-9/h4-18H,1-3H3;2-6H,7H2,1H3/b11-4-,20-5+;9-2+. The first kappa shape index (κ1) is 25.1. The number of aryl methyl sites for hydroxylation is 1. The fourth-order valence-electron chi connectivity index (χ4n) is 5.76. The monoisotopic (exact) mass is 498 g/mol. The molecule has 0 saturated heterocycles. The lowest BCUT2D eigenvalue weighted by Gasteiger charge is -2.35. The molecule has 0 aromatic heterocycles. The summed E-state index contributed by atoms with van der Waals surface area (Å²) >= 11 is 1.90. The summed E-state index contributed by atoms with van der Waals surface area (Å²) in [5.41, 5.74) is 10.6. The number of rotatable bonds is 3. The molecule has 1 aliphatic carbocycles. The fourth-order valence-corrected chi connectivity index (χ4v) is 6.81. The van der Waals surface area contributed by atoms with Gasteiger partial charge in [-0.3, -0.25) is 0 Å². The van der Waals surface area contributed by atoms with Gasteiger partial charge in [-0.15, -0.1) is 0 Å². The van der Waals surface area contributed by atoms with E-state index in [2.05, 4.69) is 149 Å². The van der Waals surface area contributed by atoms with Crippen LogP contribution in [0.15, 0.2) is 137 Å². The summed E-state index contributed by atoms with van der Waals surface area (Å²) in [5, 5.41) is 0. The van der Waals surface area contributed by atoms with Gasteiger partial charge in [0.25, 0.3) is 0 Å². The maximum absolute atomic E-state index is 2.37. The summed E-state index contributed by atoms with van der Waals surface area (Å²) in [5.74, 6) is 0. The lowest BCUT2D eigenvalue weighted by molar-refractivity contribution is 0.764. The zero-order valence-electron chi connectivity index (χ0n) is 22.2. The molecule has 1 aliphatic heterocycles. The molecule has 0 nitrogen and oxygen atoms in total. The highest BCUT2D eigenvalue weighted by atomic mass is 32.2. The van der Waals surface area contributed by atoms with Gasteiger partial charge in [0.05, 0.1) is 5.41 Å². The van der Waals surface area contributed by atoms with Crippen LogP contribution < -0.4 is 0 Å². The fraction of sp³-hybridized carbons (Fsp3) is 0.167. The molecular weight excluding hydrogens is 464 g/mol. The Hall–Kier alpha value is -3.55. The molecule has 1 atom stereocenters. The molecule has 0 fully saturated rings. The van der Waals surface area contributed by atoms with Crippen molar-refractivity contribution < 1.29 is 0 Å². The molecule has 184 valence electrons. The van der Waals surface area contributed by atoms with E-state index in [1.165, 1.54) is 54.3 Å². The van der Waals surface area contributed by atoms with E-state index in [0.29, 0.717) is 0 Å². The smallest absolute Gasteiger partial charge is 0.0710 e. The van der Waals surface area contributed by atoms with Crippen molar-refractivity contribution in [3.63, 3.8) is 0 Å². The molecule has 0 bridgehead atoms. The molecule has 1 heterocycles. The third-order valence-corrected chi connectivity index (χ3v) is 8.66. The van der Waals surface area contributed by atoms with Crippen molar-refractivity contribution in [2.45, 2.75) is 44.4 Å². The topological polar surface area (TPSA) is 0 Å². The minimum Gasteiger partial charge on any atom is -0.0942 e. The molecule has 37 heavy (non-hydrogen) atoms. The van der Waals surface area contributed by atoms with Gasteiger partial charge < -0.3 is 0 Å². The molecule has 0 N–H and O–H groups in total. The summed E-state index contributed by atoms with van der Waals surface area (Å²) in [6, 6.07) is 35.3. The SMILES string of the molecule is C/C=C1\Cc2ccccc2S1.C/C=C\C(=C/C)C1(c2ccccc2)c2ccccc2-c2ccc(C)cc21. The number of fused-ring (bicyclic) bond motifs is 4. The van der Waals surface area contributed by atoms with Gasteiger partial charge in [0.2, 0.25) is 0 Å². The van der Waals surface area contributed by atoms with Crippen LogP contribution in [0.25, 0.3) is 11.1 Å². The highest BCUT2D eigenvalue weighted by molar-refractivity contribution is 8.03. The van der Waals surface area contributed by atoms with Crippen LogP contribution in [0, 0.1) is 6.92 Å². The van der Waals surface area contributed by atoms with Crippen LogP contribution in [0.1, 0.15) is 48.6 Å². The second-order valence-corrected chi connectivity index (χ2v) is 10.8. The molecule has 1 unspecified atom stereocenters. The molecular formula is C36H34S. The van der Waals surface area contributed by atoms with E-state index in [1.807, 2.05) is 11.8 Å². The average Bonchev–Trinajstić information content (AvgIpc) is 3.50. The van der Waals surface area contributed by atoms with Gasteiger partial charge >= 0.3 is 0 Å². The van der Waals surface area contributed by atoms with Crippen LogP contribution in [0.3, 0.4) is 0 Å². The van der Waals surface area contributed by atoms with Gasteiger partial charge in [-0.05, 0) is 77.6 Å². The van der Waals surface area contributed by atoms with E-state index in [9.17, 15) is 0 Å². The van der Waals surface area contributed by atoms with Crippen LogP contribution >= 0.6 is 11.8 Å². The van der Waals surface area contributed by atoms with Crippen molar-refractivity contribution in [2.24, 2.45) is 0 Å². The maximum Gasteiger partial charge on any atom is 0.0710 e. The Bertz CT molecular complexity index is 1480. The molecule has 2 aliphatic rings. The minimum absolute atomic E-state index is 0.263. The summed E-state index contributed by atoms with van der Waals surface area (Å²) in [7, 11) is 0. The molecule has 0 amide bonds. The molecule has 0 spiro atoms. The number of hydrogen-bond acceptors (Lipinski definition) is 1. The van der Waals surface area contributed by atoms with Gasteiger partial charge in [-0.2, -0.15) is 0 Å². The maximum atomic E-state index is 2.37. The van der Waals surface area contributed by atoms with Gasteiger partial charge in [-0.25, -0.2) is 0 Å². The molecule has 6 rings (SSSR count). The van der Waals surface area contributed by atoms with Gasteiger partial charge in [-0.1, -0.05) is 133 Å². The zero-order chi connectivity index (χ0) is 25.8. The van der Waals surface area contributed by atoms with Crippen molar-refractivity contribution in [2.75, 3.05) is 0 Å². The van der Waals surface area contributed by atoms with Crippen LogP contribution in [-0.4, -0.2) is 0 Å². The Balaban J connectivity index is 0.000000212. The largest absolute Gasteiger partial charge is 0.0942 e. The molecule has 0 saturated carbocycles. The van der Waals surface area contributed by atoms with Crippen LogP contribution in [0.4, 0.5) is 0 Å². The Morgan fingerprint density at radius 1 is 0.757 bits per heavy atom. The number of hydrogen-bond donors (Lipinski definition) is 0. The number of thioether (sulfide) groups is 1. The van der Waals surface area contributed by atoms with Gasteiger partial charge in [0, 0.05) is 11.3 Å². The summed E-state index contributed by atoms with van der Waals surface area (Å²) in [4.78, 5) is 2.91. The molecule has 4 aromatic rings.